The summed E-state index contributed by atoms with van der Waals surface area (Å²) in [6.45, 7) is 4.90. The van der Waals surface area contributed by atoms with Crippen LogP contribution in [0.3, 0.4) is 0 Å². The van der Waals surface area contributed by atoms with Crippen LogP contribution in [0.25, 0.3) is 0 Å². The van der Waals surface area contributed by atoms with Crippen LogP contribution in [-0.4, -0.2) is 42.6 Å². The normalized spacial score (nSPS) is 17.4. The minimum absolute atomic E-state index is 0.196. The van der Waals surface area contributed by atoms with Crippen LogP contribution in [0.4, 0.5) is 5.69 Å². The monoisotopic (exact) mass is 465 g/mol. The molecule has 1 saturated heterocycles. The molecule has 150 valence electrons. The summed E-state index contributed by atoms with van der Waals surface area (Å²) in [4.78, 5) is 12.4. The molecule has 1 aliphatic heterocycles. The molecule has 2 aromatic rings. The molecular weight excluding hydrogens is 442 g/mol. The standard InChI is InChI=1S/C20H24BrN3O3S/c1-15-7-8-16(2)17(11-15)13-23-9-4-10-24(28(23,26)27)14-20(25)22-19-6-3-5-18(21)12-19/h3,5-8,11-12H,4,9-10,13-14H2,1-2H3,(H,22,25). The van der Waals surface area contributed by atoms with Gasteiger partial charge in [0.25, 0.3) is 10.2 Å². The first kappa shape index (κ1) is 21.0. The third-order valence-corrected chi connectivity index (χ3v) is 7.17. The average molecular weight is 466 g/mol. The van der Waals surface area contributed by atoms with Gasteiger partial charge in [-0.2, -0.15) is 17.0 Å². The lowest BCUT2D eigenvalue weighted by Crippen LogP contribution is -2.51. The number of benzene rings is 2. The fourth-order valence-corrected chi connectivity index (χ4v) is 5.25. The van der Waals surface area contributed by atoms with Crippen molar-refractivity contribution < 1.29 is 13.2 Å². The largest absolute Gasteiger partial charge is 0.325 e. The predicted octanol–water partition coefficient (Wildman–Crippen LogP) is 3.46. The van der Waals surface area contributed by atoms with Crippen molar-refractivity contribution >= 4 is 37.7 Å². The lowest BCUT2D eigenvalue weighted by molar-refractivity contribution is -0.116. The van der Waals surface area contributed by atoms with Crippen molar-refractivity contribution in [1.82, 2.24) is 8.61 Å². The summed E-state index contributed by atoms with van der Waals surface area (Å²) < 4.78 is 29.6. The summed E-state index contributed by atoms with van der Waals surface area (Å²) >= 11 is 3.35. The van der Waals surface area contributed by atoms with E-state index in [9.17, 15) is 13.2 Å². The van der Waals surface area contributed by atoms with E-state index in [-0.39, 0.29) is 12.5 Å². The molecular formula is C20H24BrN3O3S. The first-order valence-electron chi connectivity index (χ1n) is 9.12. The van der Waals surface area contributed by atoms with Gasteiger partial charge in [0.2, 0.25) is 5.91 Å². The van der Waals surface area contributed by atoms with Crippen LogP contribution in [0.15, 0.2) is 46.9 Å². The first-order chi connectivity index (χ1) is 13.3. The number of halogens is 1. The molecule has 0 unspecified atom stereocenters. The molecule has 1 heterocycles. The zero-order chi connectivity index (χ0) is 20.3. The zero-order valence-electron chi connectivity index (χ0n) is 16.0. The molecule has 1 amide bonds. The first-order valence-corrected chi connectivity index (χ1v) is 11.3. The number of amides is 1. The second kappa shape index (κ2) is 8.73. The average Bonchev–Trinajstić information content (AvgIpc) is 2.61. The van der Waals surface area contributed by atoms with Gasteiger partial charge in [-0.05, 0) is 49.6 Å². The molecule has 1 N–H and O–H groups in total. The van der Waals surface area contributed by atoms with Crippen molar-refractivity contribution in [2.45, 2.75) is 26.8 Å². The Labute approximate surface area is 174 Å². The van der Waals surface area contributed by atoms with Gasteiger partial charge in [-0.25, -0.2) is 0 Å². The number of carbonyl (C=O) groups is 1. The fourth-order valence-electron chi connectivity index (χ4n) is 3.23. The molecule has 0 atom stereocenters. The summed E-state index contributed by atoms with van der Waals surface area (Å²) in [6, 6.07) is 13.2. The third kappa shape index (κ3) is 5.00. The van der Waals surface area contributed by atoms with Gasteiger partial charge >= 0.3 is 0 Å². The molecule has 0 spiro atoms. The maximum atomic E-state index is 13.0. The molecule has 1 aliphatic rings. The Morgan fingerprint density at radius 2 is 1.86 bits per heavy atom. The van der Waals surface area contributed by atoms with E-state index >= 15 is 0 Å². The number of carbonyl (C=O) groups excluding carboxylic acids is 1. The summed E-state index contributed by atoms with van der Waals surface area (Å²) in [5.74, 6) is -0.352. The van der Waals surface area contributed by atoms with Gasteiger partial charge in [0, 0.05) is 29.8 Å². The number of nitrogens with zero attached hydrogens (tertiary/aromatic N) is 2. The lowest BCUT2D eigenvalue weighted by Gasteiger charge is -2.34. The predicted molar refractivity (Wildman–Crippen MR) is 114 cm³/mol. The Balaban J connectivity index is 1.70. The van der Waals surface area contributed by atoms with E-state index in [1.165, 1.54) is 8.61 Å². The highest BCUT2D eigenvalue weighted by Crippen LogP contribution is 2.22. The molecule has 28 heavy (non-hydrogen) atoms. The van der Waals surface area contributed by atoms with E-state index in [0.29, 0.717) is 31.7 Å². The molecule has 0 aliphatic carbocycles. The van der Waals surface area contributed by atoms with E-state index in [4.69, 9.17) is 0 Å². The van der Waals surface area contributed by atoms with Gasteiger partial charge in [-0.3, -0.25) is 4.79 Å². The second-order valence-corrected chi connectivity index (χ2v) is 9.86. The van der Waals surface area contributed by atoms with Crippen LogP contribution in [-0.2, 0) is 21.5 Å². The number of rotatable bonds is 5. The Bertz CT molecular complexity index is 978. The summed E-state index contributed by atoms with van der Waals surface area (Å²) in [5.41, 5.74) is 3.77. The number of hydrogen-bond donors (Lipinski definition) is 1. The van der Waals surface area contributed by atoms with Crippen LogP contribution < -0.4 is 5.32 Å². The SMILES string of the molecule is Cc1ccc(C)c(CN2CCCN(CC(=O)Nc3cccc(Br)c3)S2(=O)=O)c1. The van der Waals surface area contributed by atoms with Crippen LogP contribution >= 0.6 is 15.9 Å². The van der Waals surface area contributed by atoms with E-state index < -0.39 is 10.2 Å². The highest BCUT2D eigenvalue weighted by molar-refractivity contribution is 9.10. The van der Waals surface area contributed by atoms with E-state index in [1.54, 1.807) is 12.1 Å². The van der Waals surface area contributed by atoms with Crippen LogP contribution in [0, 0.1) is 13.8 Å². The minimum atomic E-state index is -3.69. The second-order valence-electron chi connectivity index (χ2n) is 7.02. The van der Waals surface area contributed by atoms with Crippen LogP contribution in [0.1, 0.15) is 23.1 Å². The number of anilines is 1. The molecule has 3 rings (SSSR count). The minimum Gasteiger partial charge on any atom is -0.325 e. The van der Waals surface area contributed by atoms with Crippen molar-refractivity contribution in [3.05, 3.63) is 63.6 Å². The van der Waals surface area contributed by atoms with Crippen molar-refractivity contribution in [2.75, 3.05) is 25.0 Å². The van der Waals surface area contributed by atoms with E-state index in [0.717, 1.165) is 21.2 Å². The molecule has 0 saturated carbocycles. The van der Waals surface area contributed by atoms with Gasteiger partial charge in [0.15, 0.2) is 0 Å². The molecule has 0 aromatic heterocycles. The Morgan fingerprint density at radius 1 is 1.11 bits per heavy atom. The highest BCUT2D eigenvalue weighted by Gasteiger charge is 2.34. The molecule has 0 bridgehead atoms. The highest BCUT2D eigenvalue weighted by atomic mass is 79.9. The lowest BCUT2D eigenvalue weighted by atomic mass is 10.1. The topological polar surface area (TPSA) is 69.7 Å². The van der Waals surface area contributed by atoms with Crippen molar-refractivity contribution in [3.8, 4) is 0 Å². The van der Waals surface area contributed by atoms with Gasteiger partial charge in [-0.1, -0.05) is 45.8 Å². The number of aryl methyl sites for hydroxylation is 2. The summed E-state index contributed by atoms with van der Waals surface area (Å²) in [6.07, 6.45) is 0.689. The molecule has 1 fully saturated rings. The van der Waals surface area contributed by atoms with Crippen molar-refractivity contribution in [2.24, 2.45) is 0 Å². The van der Waals surface area contributed by atoms with Crippen LogP contribution in [0.5, 0.6) is 0 Å². The molecule has 2 aromatic carbocycles. The van der Waals surface area contributed by atoms with Crippen molar-refractivity contribution in [1.29, 1.82) is 0 Å². The summed E-state index contributed by atoms with van der Waals surface area (Å²) in [5, 5.41) is 2.76. The van der Waals surface area contributed by atoms with Gasteiger partial charge < -0.3 is 5.32 Å². The summed E-state index contributed by atoms with van der Waals surface area (Å²) in [7, 11) is -3.69. The van der Waals surface area contributed by atoms with Crippen LogP contribution in [0.2, 0.25) is 0 Å². The Kier molecular flexibility index (Phi) is 6.54. The number of hydrogen-bond acceptors (Lipinski definition) is 3. The third-order valence-electron chi connectivity index (χ3n) is 4.75. The van der Waals surface area contributed by atoms with Gasteiger partial charge in [0.1, 0.15) is 0 Å². The van der Waals surface area contributed by atoms with Gasteiger partial charge in [-0.15, -0.1) is 0 Å². The van der Waals surface area contributed by atoms with Gasteiger partial charge in [0.05, 0.1) is 6.54 Å². The van der Waals surface area contributed by atoms with E-state index in [2.05, 4.69) is 21.2 Å². The maximum absolute atomic E-state index is 13.0. The zero-order valence-corrected chi connectivity index (χ0v) is 18.4. The molecule has 6 nitrogen and oxygen atoms in total. The smallest absolute Gasteiger partial charge is 0.282 e. The fraction of sp³-hybridized carbons (Fsp3) is 0.350. The quantitative estimate of drug-likeness (QED) is 0.734. The van der Waals surface area contributed by atoms with Crippen molar-refractivity contribution in [3.63, 3.8) is 0 Å². The number of nitrogens with one attached hydrogen (secondary N) is 1. The Hall–Kier alpha value is -1.74. The molecule has 0 radical (unpaired) electrons. The Morgan fingerprint density at radius 3 is 2.61 bits per heavy atom. The van der Waals surface area contributed by atoms with E-state index in [1.807, 2.05) is 44.2 Å². The maximum Gasteiger partial charge on any atom is 0.282 e. The molecule has 8 heteroatoms.